The minimum absolute atomic E-state index is 0.0275. The van der Waals surface area contributed by atoms with Gasteiger partial charge >= 0.3 is 5.97 Å². The Morgan fingerprint density at radius 1 is 1.11 bits per heavy atom. The third-order valence-corrected chi connectivity index (χ3v) is 5.80. The molecule has 0 unspecified atom stereocenters. The SMILES string of the molecule is CCCCN(CCC)C(=O)CO/N=C1\C=C\CC/C=C/CCOC(=O)c2c(O)cc(O)c(Cl)c2C1. The summed E-state index contributed by atoms with van der Waals surface area (Å²) in [6.07, 6.45) is 12.3. The topological polar surface area (TPSA) is 109 Å². The van der Waals surface area contributed by atoms with Crippen molar-refractivity contribution in [3.8, 4) is 11.5 Å². The van der Waals surface area contributed by atoms with Crippen molar-refractivity contribution in [2.24, 2.45) is 5.16 Å². The number of unbranched alkanes of at least 4 members (excludes halogenated alkanes) is 1. The minimum atomic E-state index is -0.754. The summed E-state index contributed by atoms with van der Waals surface area (Å²) in [6.45, 7) is 5.31. The van der Waals surface area contributed by atoms with Crippen molar-refractivity contribution < 1.29 is 29.4 Å². The zero-order valence-corrected chi connectivity index (χ0v) is 21.2. The van der Waals surface area contributed by atoms with Gasteiger partial charge in [0, 0.05) is 25.6 Å². The summed E-state index contributed by atoms with van der Waals surface area (Å²) in [4.78, 5) is 32.5. The van der Waals surface area contributed by atoms with Crippen LogP contribution < -0.4 is 0 Å². The van der Waals surface area contributed by atoms with Crippen molar-refractivity contribution in [3.63, 3.8) is 0 Å². The fourth-order valence-corrected chi connectivity index (χ4v) is 3.78. The van der Waals surface area contributed by atoms with Crippen molar-refractivity contribution >= 4 is 29.2 Å². The highest BCUT2D eigenvalue weighted by atomic mass is 35.5. The van der Waals surface area contributed by atoms with Crippen LogP contribution in [0.25, 0.3) is 0 Å². The molecule has 0 bridgehead atoms. The zero-order chi connectivity index (χ0) is 25.6. The van der Waals surface area contributed by atoms with E-state index in [9.17, 15) is 19.8 Å². The Morgan fingerprint density at radius 2 is 1.86 bits per heavy atom. The van der Waals surface area contributed by atoms with Gasteiger partial charge in [-0.2, -0.15) is 0 Å². The number of rotatable bonds is 8. The average molecular weight is 507 g/mol. The first kappa shape index (κ1) is 28.2. The quantitative estimate of drug-likeness (QED) is 0.286. The summed E-state index contributed by atoms with van der Waals surface area (Å²) in [5, 5.41) is 24.6. The van der Waals surface area contributed by atoms with Crippen molar-refractivity contribution in [1.82, 2.24) is 4.90 Å². The Hall–Kier alpha value is -3.00. The van der Waals surface area contributed by atoms with Crippen LogP contribution in [0.4, 0.5) is 0 Å². The lowest BCUT2D eigenvalue weighted by Gasteiger charge is -2.21. The van der Waals surface area contributed by atoms with E-state index in [2.05, 4.69) is 12.1 Å². The maximum absolute atomic E-state index is 12.7. The molecular formula is C26H35ClN2O6. The first-order valence-corrected chi connectivity index (χ1v) is 12.4. The summed E-state index contributed by atoms with van der Waals surface area (Å²) in [5.41, 5.74) is 0.394. The molecule has 1 aromatic rings. The Bertz CT molecular complexity index is 958. The number of carbonyl (C=O) groups excluding carboxylic acids is 2. The predicted molar refractivity (Wildman–Crippen MR) is 136 cm³/mol. The Balaban J connectivity index is 2.32. The van der Waals surface area contributed by atoms with E-state index >= 15 is 0 Å². The van der Waals surface area contributed by atoms with Crippen LogP contribution in [0.1, 0.15) is 68.3 Å². The number of nitrogens with zero attached hydrogens (tertiary/aromatic N) is 2. The van der Waals surface area contributed by atoms with E-state index in [0.717, 1.165) is 38.2 Å². The molecule has 0 fully saturated rings. The number of carbonyl (C=O) groups is 2. The highest BCUT2D eigenvalue weighted by molar-refractivity contribution is 6.33. The standard InChI is InChI=1S/C26H35ClN2O6/c1-3-5-14-29(13-4-2)23(32)18-35-28-19-12-10-8-6-7-9-11-15-34-26(33)24-20(16-19)25(27)22(31)17-21(24)30/h7,9-10,12,17,30-31H,3-6,8,11,13-16,18H2,1-2H3/b9-7+,12-10+,28-19+. The number of fused-ring (bicyclic) bond motifs is 1. The number of halogens is 1. The van der Waals surface area contributed by atoms with Crippen molar-refractivity contribution in [2.45, 2.75) is 58.8 Å². The molecule has 0 radical (unpaired) electrons. The molecule has 35 heavy (non-hydrogen) atoms. The first-order chi connectivity index (χ1) is 16.9. The number of hydrogen-bond acceptors (Lipinski definition) is 7. The third kappa shape index (κ3) is 8.94. The maximum Gasteiger partial charge on any atom is 0.342 e. The zero-order valence-electron chi connectivity index (χ0n) is 20.5. The van der Waals surface area contributed by atoms with Gasteiger partial charge in [-0.1, -0.05) is 55.3 Å². The van der Waals surface area contributed by atoms with Crippen LogP contribution in [0.5, 0.6) is 11.5 Å². The third-order valence-electron chi connectivity index (χ3n) is 5.38. The van der Waals surface area contributed by atoms with Crippen LogP contribution in [0.15, 0.2) is 35.5 Å². The number of oxime groups is 1. The van der Waals surface area contributed by atoms with Gasteiger partial charge in [0.15, 0.2) is 6.61 Å². The Kier molecular flexibility index (Phi) is 12.2. The van der Waals surface area contributed by atoms with Gasteiger partial charge in [0.05, 0.1) is 17.3 Å². The first-order valence-electron chi connectivity index (χ1n) is 12.1. The second-order valence-corrected chi connectivity index (χ2v) is 8.60. The summed E-state index contributed by atoms with van der Waals surface area (Å²) in [6, 6.07) is 1.01. The molecule has 8 nitrogen and oxygen atoms in total. The molecule has 0 aliphatic carbocycles. The lowest BCUT2D eigenvalue weighted by Crippen LogP contribution is -2.35. The van der Waals surface area contributed by atoms with Crippen LogP contribution in [0.2, 0.25) is 5.02 Å². The largest absolute Gasteiger partial charge is 0.507 e. The normalized spacial score (nSPS) is 17.7. The van der Waals surface area contributed by atoms with E-state index in [0.29, 0.717) is 25.2 Å². The number of hydrogen-bond donors (Lipinski definition) is 2. The van der Waals surface area contributed by atoms with Crippen LogP contribution in [-0.2, 0) is 20.8 Å². The van der Waals surface area contributed by atoms with Gasteiger partial charge in [0.2, 0.25) is 0 Å². The number of benzene rings is 1. The fraction of sp³-hybridized carbons (Fsp3) is 0.500. The minimum Gasteiger partial charge on any atom is -0.507 e. The van der Waals surface area contributed by atoms with Crippen LogP contribution in [-0.4, -0.2) is 59.0 Å². The summed E-state index contributed by atoms with van der Waals surface area (Å²) < 4.78 is 5.29. The van der Waals surface area contributed by atoms with E-state index < -0.39 is 11.7 Å². The molecule has 2 rings (SSSR count). The van der Waals surface area contributed by atoms with Gasteiger partial charge in [0.25, 0.3) is 5.91 Å². The number of amides is 1. The number of aromatic hydroxyl groups is 2. The molecule has 9 heteroatoms. The molecule has 192 valence electrons. The molecule has 0 spiro atoms. The monoisotopic (exact) mass is 506 g/mol. The highest BCUT2D eigenvalue weighted by Crippen LogP contribution is 2.37. The van der Waals surface area contributed by atoms with E-state index in [4.69, 9.17) is 21.2 Å². The highest BCUT2D eigenvalue weighted by Gasteiger charge is 2.24. The van der Waals surface area contributed by atoms with Gasteiger partial charge in [-0.25, -0.2) is 4.79 Å². The molecule has 2 N–H and O–H groups in total. The Labute approximate surface area is 211 Å². The van der Waals surface area contributed by atoms with E-state index in [1.54, 1.807) is 11.0 Å². The number of allylic oxidation sites excluding steroid dienone is 3. The molecule has 0 saturated carbocycles. The molecule has 1 aromatic carbocycles. The average Bonchev–Trinajstić information content (AvgIpc) is 2.82. The molecule has 1 heterocycles. The van der Waals surface area contributed by atoms with Crippen molar-refractivity contribution in [1.29, 1.82) is 0 Å². The van der Waals surface area contributed by atoms with Gasteiger partial charge in [-0.3, -0.25) is 4.79 Å². The summed E-state index contributed by atoms with van der Waals surface area (Å²) >= 11 is 6.31. The van der Waals surface area contributed by atoms with Gasteiger partial charge in [-0.15, -0.1) is 0 Å². The van der Waals surface area contributed by atoms with E-state index in [1.165, 1.54) is 0 Å². The number of ether oxygens (including phenoxy) is 1. The van der Waals surface area contributed by atoms with Gasteiger partial charge in [-0.05, 0) is 43.7 Å². The molecular weight excluding hydrogens is 472 g/mol. The van der Waals surface area contributed by atoms with Crippen LogP contribution >= 0.6 is 11.6 Å². The smallest absolute Gasteiger partial charge is 0.342 e. The van der Waals surface area contributed by atoms with Crippen molar-refractivity contribution in [3.05, 3.63) is 46.5 Å². The lowest BCUT2D eigenvalue weighted by molar-refractivity contribution is -0.136. The lowest BCUT2D eigenvalue weighted by atomic mass is 9.99. The molecule has 1 aliphatic rings. The number of phenolic OH excluding ortho intramolecular Hbond substituents is 2. The van der Waals surface area contributed by atoms with Crippen molar-refractivity contribution in [2.75, 3.05) is 26.3 Å². The second kappa shape index (κ2) is 15.1. The number of phenols is 2. The van der Waals surface area contributed by atoms with E-state index in [-0.39, 0.29) is 47.4 Å². The van der Waals surface area contributed by atoms with Gasteiger partial charge in [0.1, 0.15) is 17.1 Å². The summed E-state index contributed by atoms with van der Waals surface area (Å²) in [5.74, 6) is -1.72. The second-order valence-electron chi connectivity index (χ2n) is 8.23. The van der Waals surface area contributed by atoms with Crippen LogP contribution in [0.3, 0.4) is 0 Å². The Morgan fingerprint density at radius 3 is 2.60 bits per heavy atom. The molecule has 0 atom stereocenters. The number of cyclic esters (lactones) is 1. The fourth-order valence-electron chi connectivity index (χ4n) is 3.56. The predicted octanol–water partition coefficient (Wildman–Crippen LogP) is 5.16. The molecule has 1 aliphatic heterocycles. The molecule has 0 saturated heterocycles. The summed E-state index contributed by atoms with van der Waals surface area (Å²) in [7, 11) is 0. The molecule has 0 aromatic heterocycles. The van der Waals surface area contributed by atoms with Gasteiger partial charge < -0.3 is 24.7 Å². The van der Waals surface area contributed by atoms with Crippen LogP contribution in [0, 0.1) is 0 Å². The van der Waals surface area contributed by atoms with E-state index in [1.807, 2.05) is 25.2 Å². The number of esters is 1. The molecule has 1 amide bonds. The maximum atomic E-state index is 12.7.